The predicted octanol–water partition coefficient (Wildman–Crippen LogP) is 2.89. The van der Waals surface area contributed by atoms with Gasteiger partial charge in [-0.15, -0.1) is 11.3 Å². The Bertz CT molecular complexity index is 1100. The molecule has 1 aliphatic heterocycles. The Morgan fingerprint density at radius 1 is 1.30 bits per heavy atom. The molecule has 8 nitrogen and oxygen atoms in total. The first-order chi connectivity index (χ1) is 14.4. The Morgan fingerprint density at radius 2 is 2.13 bits per heavy atom. The Kier molecular flexibility index (Phi) is 5.43. The summed E-state index contributed by atoms with van der Waals surface area (Å²) in [6.07, 6.45) is 1.61. The minimum Gasteiger partial charge on any atom is -0.435 e. The molecule has 4 rings (SSSR count). The zero-order valence-corrected chi connectivity index (χ0v) is 16.3. The van der Waals surface area contributed by atoms with Crippen molar-refractivity contribution in [2.45, 2.75) is 19.1 Å². The summed E-state index contributed by atoms with van der Waals surface area (Å²) in [4.78, 5) is 15.0. The van der Waals surface area contributed by atoms with Crippen molar-refractivity contribution in [2.75, 3.05) is 23.7 Å². The number of aliphatic hydroxyl groups is 1. The van der Waals surface area contributed by atoms with Gasteiger partial charge in [0, 0.05) is 36.8 Å². The second-order valence-corrected chi connectivity index (χ2v) is 7.48. The van der Waals surface area contributed by atoms with Gasteiger partial charge in [0.05, 0.1) is 17.5 Å². The molecule has 0 spiro atoms. The van der Waals surface area contributed by atoms with Gasteiger partial charge in [0.25, 0.3) is 0 Å². The van der Waals surface area contributed by atoms with Crippen LogP contribution in [0.4, 0.5) is 20.3 Å². The lowest BCUT2D eigenvalue weighted by Crippen LogP contribution is -2.22. The minimum atomic E-state index is -3.03. The van der Waals surface area contributed by atoms with Crippen molar-refractivity contribution >= 4 is 22.8 Å². The van der Waals surface area contributed by atoms with E-state index in [1.165, 1.54) is 29.5 Å². The van der Waals surface area contributed by atoms with Crippen molar-refractivity contribution in [3.63, 3.8) is 0 Å². The topological polar surface area (TPSA) is 121 Å². The number of aromatic nitrogens is 3. The van der Waals surface area contributed by atoms with E-state index >= 15 is 0 Å². The number of rotatable bonds is 5. The molecule has 1 saturated heterocycles. The molecule has 11 heteroatoms. The van der Waals surface area contributed by atoms with Crippen LogP contribution in [-0.2, 0) is 0 Å². The smallest absolute Gasteiger partial charge is 0.387 e. The van der Waals surface area contributed by atoms with Crippen molar-refractivity contribution < 1.29 is 18.6 Å². The number of anilines is 2. The van der Waals surface area contributed by atoms with Crippen LogP contribution >= 0.6 is 11.3 Å². The van der Waals surface area contributed by atoms with Crippen molar-refractivity contribution in [3.8, 4) is 33.9 Å². The standard InChI is InChI=1S/C19H16F2N6O2S/c20-19(21)29-11-5-14(25-16(6-11)27-3-1-10(28)9-27)17-12(8-22)13(23)7-15(26-17)18-24-2-4-30-18/h2,4-7,10,19,28H,1,3,9H2,(H2,23,26)/t10-/m1/s1. The summed E-state index contributed by atoms with van der Waals surface area (Å²) in [7, 11) is 0. The van der Waals surface area contributed by atoms with E-state index in [0.717, 1.165) is 0 Å². The second kappa shape index (κ2) is 8.17. The number of β-amino-alcohol motifs (C(OH)–C–C–N with tert-alkyl or cyclic N) is 1. The van der Waals surface area contributed by atoms with Gasteiger partial charge in [-0.05, 0) is 12.5 Å². The monoisotopic (exact) mass is 430 g/mol. The highest BCUT2D eigenvalue weighted by Crippen LogP contribution is 2.34. The number of hydrogen-bond acceptors (Lipinski definition) is 9. The number of thiazole rings is 1. The molecule has 0 amide bonds. The third-order valence-corrected chi connectivity index (χ3v) is 5.35. The van der Waals surface area contributed by atoms with Crippen molar-refractivity contribution in [1.82, 2.24) is 15.0 Å². The number of nitrogen functional groups attached to an aromatic ring is 1. The molecule has 0 aromatic carbocycles. The molecule has 3 N–H and O–H groups in total. The van der Waals surface area contributed by atoms with E-state index in [9.17, 15) is 19.1 Å². The number of ether oxygens (including phenoxy) is 1. The van der Waals surface area contributed by atoms with Gasteiger partial charge in [-0.25, -0.2) is 15.0 Å². The van der Waals surface area contributed by atoms with E-state index in [1.807, 2.05) is 6.07 Å². The first-order valence-electron chi connectivity index (χ1n) is 8.95. The molecule has 4 heterocycles. The number of nitriles is 1. The first kappa shape index (κ1) is 19.9. The van der Waals surface area contributed by atoms with E-state index in [1.54, 1.807) is 16.5 Å². The number of alkyl halides is 2. The number of halogens is 2. The highest BCUT2D eigenvalue weighted by atomic mass is 32.1. The summed E-state index contributed by atoms with van der Waals surface area (Å²) in [6.45, 7) is -2.22. The number of pyridine rings is 2. The third kappa shape index (κ3) is 4.00. The molecule has 3 aromatic rings. The first-order valence-corrected chi connectivity index (χ1v) is 9.83. The molecule has 0 bridgehead atoms. The van der Waals surface area contributed by atoms with Gasteiger partial charge in [0.2, 0.25) is 0 Å². The van der Waals surface area contributed by atoms with Crippen LogP contribution in [0.25, 0.3) is 22.1 Å². The zero-order chi connectivity index (χ0) is 21.3. The number of aliphatic hydroxyl groups excluding tert-OH is 1. The molecule has 3 aromatic heterocycles. The van der Waals surface area contributed by atoms with Crippen LogP contribution in [0.1, 0.15) is 12.0 Å². The van der Waals surface area contributed by atoms with Crippen molar-refractivity contribution in [3.05, 3.63) is 35.3 Å². The number of nitrogens with two attached hydrogens (primary N) is 1. The van der Waals surface area contributed by atoms with E-state index in [0.29, 0.717) is 36.0 Å². The molecule has 1 aliphatic rings. The Balaban J connectivity index is 1.87. The van der Waals surface area contributed by atoms with Gasteiger partial charge in [-0.2, -0.15) is 14.0 Å². The quantitative estimate of drug-likeness (QED) is 0.634. The van der Waals surface area contributed by atoms with Crippen LogP contribution in [0.15, 0.2) is 29.8 Å². The van der Waals surface area contributed by atoms with E-state index in [2.05, 4.69) is 19.7 Å². The van der Waals surface area contributed by atoms with Crippen molar-refractivity contribution in [2.24, 2.45) is 0 Å². The minimum absolute atomic E-state index is 0.0735. The lowest BCUT2D eigenvalue weighted by molar-refractivity contribution is -0.0498. The summed E-state index contributed by atoms with van der Waals surface area (Å²) in [6, 6.07) is 6.20. The maximum Gasteiger partial charge on any atom is 0.387 e. The van der Waals surface area contributed by atoms with E-state index in [4.69, 9.17) is 5.73 Å². The fraction of sp³-hybridized carbons (Fsp3) is 0.263. The molecular weight excluding hydrogens is 414 g/mol. The molecule has 30 heavy (non-hydrogen) atoms. The van der Waals surface area contributed by atoms with Gasteiger partial charge in [0.1, 0.15) is 39.6 Å². The van der Waals surface area contributed by atoms with Crippen LogP contribution in [0, 0.1) is 11.3 Å². The molecule has 1 atom stereocenters. The number of hydrogen-bond donors (Lipinski definition) is 2. The van der Waals surface area contributed by atoms with Crippen molar-refractivity contribution in [1.29, 1.82) is 5.26 Å². The van der Waals surface area contributed by atoms with Gasteiger partial charge in [-0.1, -0.05) is 0 Å². The van der Waals surface area contributed by atoms with Crippen LogP contribution in [0.3, 0.4) is 0 Å². The summed E-state index contributed by atoms with van der Waals surface area (Å²) in [5.41, 5.74) is 7.05. The zero-order valence-electron chi connectivity index (χ0n) is 15.5. The maximum atomic E-state index is 12.9. The van der Waals surface area contributed by atoms with Gasteiger partial charge < -0.3 is 20.5 Å². The van der Waals surface area contributed by atoms with Crippen LogP contribution in [-0.4, -0.2) is 45.9 Å². The molecule has 0 saturated carbocycles. The predicted molar refractivity (Wildman–Crippen MR) is 107 cm³/mol. The highest BCUT2D eigenvalue weighted by Gasteiger charge is 2.24. The van der Waals surface area contributed by atoms with Crippen LogP contribution in [0.2, 0.25) is 0 Å². The summed E-state index contributed by atoms with van der Waals surface area (Å²) >= 11 is 1.35. The normalized spacial score (nSPS) is 16.1. The van der Waals surface area contributed by atoms with Gasteiger partial charge >= 0.3 is 6.61 Å². The van der Waals surface area contributed by atoms with Gasteiger partial charge in [0.15, 0.2) is 0 Å². The summed E-state index contributed by atoms with van der Waals surface area (Å²) < 4.78 is 30.4. The third-order valence-electron chi connectivity index (χ3n) is 4.55. The number of nitrogens with zero attached hydrogens (tertiary/aromatic N) is 5. The lowest BCUT2D eigenvalue weighted by atomic mass is 10.1. The molecule has 0 unspecified atom stereocenters. The Hall–Kier alpha value is -3.36. The molecule has 154 valence electrons. The average molecular weight is 430 g/mol. The Morgan fingerprint density at radius 3 is 2.77 bits per heavy atom. The van der Waals surface area contributed by atoms with E-state index in [-0.39, 0.29) is 28.4 Å². The maximum absolute atomic E-state index is 12.9. The van der Waals surface area contributed by atoms with Gasteiger partial charge in [-0.3, -0.25) is 0 Å². The summed E-state index contributed by atoms with van der Waals surface area (Å²) in [5.74, 6) is 0.207. The SMILES string of the molecule is N#Cc1c(N)cc(-c2nccs2)nc1-c1cc(OC(F)F)cc(N2CC[C@@H](O)C2)n1. The fourth-order valence-electron chi connectivity index (χ4n) is 3.22. The second-order valence-electron chi connectivity index (χ2n) is 6.58. The van der Waals surface area contributed by atoms with E-state index < -0.39 is 12.7 Å². The lowest BCUT2D eigenvalue weighted by Gasteiger charge is -2.19. The molecule has 0 aliphatic carbocycles. The fourth-order valence-corrected chi connectivity index (χ4v) is 3.82. The highest BCUT2D eigenvalue weighted by molar-refractivity contribution is 7.13. The average Bonchev–Trinajstić information content (AvgIpc) is 3.38. The summed E-state index contributed by atoms with van der Waals surface area (Å²) in [5, 5.41) is 21.8. The molecule has 0 radical (unpaired) electrons. The largest absolute Gasteiger partial charge is 0.435 e. The molecular formula is C19H16F2N6O2S. The van der Waals surface area contributed by atoms with Crippen LogP contribution < -0.4 is 15.4 Å². The molecule has 1 fully saturated rings. The van der Waals surface area contributed by atoms with Crippen LogP contribution in [0.5, 0.6) is 5.75 Å². The Labute approximate surface area is 174 Å².